The maximum Gasteiger partial charge on any atom is 0.269 e. The molecule has 0 N–H and O–H groups in total. The van der Waals surface area contributed by atoms with E-state index in [4.69, 9.17) is 0 Å². The van der Waals surface area contributed by atoms with Gasteiger partial charge in [0.25, 0.3) is 15.7 Å². The Hall–Kier alpha value is -2.22. The van der Waals surface area contributed by atoms with Gasteiger partial charge in [0.1, 0.15) is 0 Å². The minimum absolute atomic E-state index is 0.120. The Morgan fingerprint density at radius 2 is 2.00 bits per heavy atom. The van der Waals surface area contributed by atoms with Crippen molar-refractivity contribution in [2.45, 2.75) is 24.2 Å². The van der Waals surface area contributed by atoms with Crippen molar-refractivity contribution >= 4 is 21.6 Å². The van der Waals surface area contributed by atoms with Crippen LogP contribution >= 0.6 is 0 Å². The molecule has 0 radical (unpaired) electrons. The van der Waals surface area contributed by atoms with E-state index in [9.17, 15) is 23.3 Å². The summed E-state index contributed by atoms with van der Waals surface area (Å²) >= 11 is 0. The van der Waals surface area contributed by atoms with E-state index in [2.05, 4.69) is 6.58 Å². The molecule has 118 valence electrons. The molecule has 0 aliphatic carbocycles. The number of nitro groups is 1. The molecule has 1 atom stereocenters. The highest BCUT2D eigenvalue weighted by Crippen LogP contribution is 2.27. The predicted octanol–water partition coefficient (Wildman–Crippen LogP) is 2.10. The van der Waals surface area contributed by atoms with Crippen LogP contribution in [0.15, 0.2) is 41.8 Å². The number of hydrogen-bond acceptors (Lipinski definition) is 5. The molecule has 0 bridgehead atoms. The fraction of sp³-hybridized carbons (Fsp3) is 0.357. The summed E-state index contributed by atoms with van der Waals surface area (Å²) in [6, 6.07) is 4.53. The van der Waals surface area contributed by atoms with Gasteiger partial charge in [-0.05, 0) is 31.4 Å². The van der Waals surface area contributed by atoms with Crippen molar-refractivity contribution in [3.05, 3.63) is 47.0 Å². The second kappa shape index (κ2) is 6.27. The largest absolute Gasteiger partial charge is 0.273 e. The number of nitro benzene ring substituents is 1. The van der Waals surface area contributed by atoms with Crippen LogP contribution in [0, 0.1) is 16.0 Å². The van der Waals surface area contributed by atoms with Crippen LogP contribution < -0.4 is 0 Å². The van der Waals surface area contributed by atoms with Gasteiger partial charge in [-0.1, -0.05) is 6.08 Å². The van der Waals surface area contributed by atoms with E-state index in [1.807, 2.05) is 0 Å². The summed E-state index contributed by atoms with van der Waals surface area (Å²) in [5.74, 6) is -0.816. The number of rotatable bonds is 5. The van der Waals surface area contributed by atoms with Crippen LogP contribution in [0.2, 0.25) is 0 Å². The van der Waals surface area contributed by atoms with Gasteiger partial charge in [0, 0.05) is 24.6 Å². The molecule has 1 aromatic carbocycles. The Morgan fingerprint density at radius 1 is 1.36 bits per heavy atom. The number of nitrogens with zero attached hydrogens (tertiary/aromatic N) is 2. The molecule has 2 rings (SSSR count). The molecule has 1 aromatic rings. The average Bonchev–Trinajstić information content (AvgIpc) is 2.49. The fourth-order valence-corrected chi connectivity index (χ4v) is 3.93. The summed E-state index contributed by atoms with van der Waals surface area (Å²) in [6.45, 7) is 3.71. The summed E-state index contributed by atoms with van der Waals surface area (Å²) in [7, 11) is -3.98. The van der Waals surface area contributed by atoms with E-state index < -0.39 is 20.9 Å². The minimum Gasteiger partial charge on any atom is -0.273 e. The van der Waals surface area contributed by atoms with Gasteiger partial charge in [0.05, 0.1) is 9.82 Å². The summed E-state index contributed by atoms with van der Waals surface area (Å²) in [5.41, 5.74) is -0.201. The highest BCUT2D eigenvalue weighted by molar-refractivity contribution is 7.89. The Labute approximate surface area is 128 Å². The molecule has 1 saturated heterocycles. The van der Waals surface area contributed by atoms with E-state index in [-0.39, 0.29) is 23.0 Å². The number of piperidine rings is 1. The van der Waals surface area contributed by atoms with Gasteiger partial charge < -0.3 is 0 Å². The van der Waals surface area contributed by atoms with Crippen LogP contribution in [0.3, 0.4) is 0 Å². The third-order valence-corrected chi connectivity index (χ3v) is 5.41. The number of carbonyl (C=O) groups excluding carboxylic acids is 1. The zero-order valence-electron chi connectivity index (χ0n) is 11.8. The molecule has 1 amide bonds. The normalized spacial score (nSPS) is 19.0. The van der Waals surface area contributed by atoms with Crippen LogP contribution in [-0.4, -0.2) is 30.1 Å². The monoisotopic (exact) mass is 324 g/mol. The number of allylic oxidation sites excluding steroid dienone is 1. The second-order valence-electron chi connectivity index (χ2n) is 5.03. The number of carbonyl (C=O) groups is 1. The number of sulfonamides is 1. The smallest absolute Gasteiger partial charge is 0.269 e. The van der Waals surface area contributed by atoms with Gasteiger partial charge in [-0.25, -0.2) is 12.7 Å². The molecular formula is C14H16N2O5S. The maximum atomic E-state index is 12.5. The van der Waals surface area contributed by atoms with Crippen molar-refractivity contribution in [3.8, 4) is 0 Å². The Kier molecular flexibility index (Phi) is 4.60. The van der Waals surface area contributed by atoms with Crippen LogP contribution in [0.25, 0.3) is 0 Å². The molecule has 1 aliphatic rings. The van der Waals surface area contributed by atoms with Gasteiger partial charge >= 0.3 is 0 Å². The lowest BCUT2D eigenvalue weighted by Crippen LogP contribution is -2.44. The van der Waals surface area contributed by atoms with E-state index in [0.29, 0.717) is 19.3 Å². The Balaban J connectivity index is 2.30. The highest BCUT2D eigenvalue weighted by Gasteiger charge is 2.36. The molecule has 8 heteroatoms. The van der Waals surface area contributed by atoms with Crippen molar-refractivity contribution in [2.24, 2.45) is 5.92 Å². The Morgan fingerprint density at radius 3 is 2.55 bits per heavy atom. The molecule has 7 nitrogen and oxygen atoms in total. The molecular weight excluding hydrogens is 308 g/mol. The van der Waals surface area contributed by atoms with Crippen molar-refractivity contribution in [1.29, 1.82) is 0 Å². The number of amides is 1. The topological polar surface area (TPSA) is 97.6 Å². The number of benzene rings is 1. The molecule has 1 heterocycles. The molecule has 0 spiro atoms. The van der Waals surface area contributed by atoms with Crippen molar-refractivity contribution in [3.63, 3.8) is 0 Å². The third-order valence-electron chi connectivity index (χ3n) is 3.60. The second-order valence-corrected chi connectivity index (χ2v) is 6.89. The summed E-state index contributed by atoms with van der Waals surface area (Å²) in [6.07, 6.45) is 3.27. The summed E-state index contributed by atoms with van der Waals surface area (Å²) < 4.78 is 25.9. The SMILES string of the molecule is C=CCC1CCCN(S(=O)(=O)c2ccc([N+](=O)[O-])cc2)C1=O. The molecule has 1 aliphatic heterocycles. The van der Waals surface area contributed by atoms with Gasteiger partial charge in [-0.2, -0.15) is 0 Å². The summed E-state index contributed by atoms with van der Waals surface area (Å²) in [4.78, 5) is 22.2. The van der Waals surface area contributed by atoms with E-state index >= 15 is 0 Å². The maximum absolute atomic E-state index is 12.5. The van der Waals surface area contributed by atoms with E-state index in [1.54, 1.807) is 6.08 Å². The first-order chi connectivity index (χ1) is 10.4. The highest BCUT2D eigenvalue weighted by atomic mass is 32.2. The quantitative estimate of drug-likeness (QED) is 0.469. The predicted molar refractivity (Wildman–Crippen MR) is 79.5 cm³/mol. The van der Waals surface area contributed by atoms with Crippen molar-refractivity contribution in [2.75, 3.05) is 6.54 Å². The minimum atomic E-state index is -3.98. The lowest BCUT2D eigenvalue weighted by atomic mass is 9.95. The molecule has 22 heavy (non-hydrogen) atoms. The number of hydrogen-bond donors (Lipinski definition) is 0. The van der Waals surface area contributed by atoms with Gasteiger partial charge in [-0.15, -0.1) is 6.58 Å². The number of non-ortho nitro benzene ring substituents is 1. The third kappa shape index (κ3) is 3.01. The van der Waals surface area contributed by atoms with Crippen LogP contribution in [0.4, 0.5) is 5.69 Å². The lowest BCUT2D eigenvalue weighted by Gasteiger charge is -2.31. The van der Waals surface area contributed by atoms with Gasteiger partial charge in [0.2, 0.25) is 5.91 Å². The zero-order valence-corrected chi connectivity index (χ0v) is 12.7. The molecule has 0 aromatic heterocycles. The molecule has 0 saturated carbocycles. The molecule has 1 fully saturated rings. The van der Waals surface area contributed by atoms with E-state index in [1.165, 1.54) is 0 Å². The van der Waals surface area contributed by atoms with E-state index in [0.717, 1.165) is 28.6 Å². The lowest BCUT2D eigenvalue weighted by molar-refractivity contribution is -0.384. The standard InChI is InChI=1S/C14H16N2O5S/c1-2-4-11-5-3-10-15(14(11)17)22(20,21)13-8-6-12(7-9-13)16(18)19/h2,6-9,11H,1,3-5,10H2. The van der Waals surface area contributed by atoms with Gasteiger partial charge in [0.15, 0.2) is 0 Å². The zero-order chi connectivity index (χ0) is 16.3. The fourth-order valence-electron chi connectivity index (χ4n) is 2.44. The first-order valence-corrected chi connectivity index (χ1v) is 8.24. The first-order valence-electron chi connectivity index (χ1n) is 6.80. The molecule has 1 unspecified atom stereocenters. The average molecular weight is 324 g/mol. The Bertz CT molecular complexity index is 696. The van der Waals surface area contributed by atoms with Crippen LogP contribution in [0.5, 0.6) is 0 Å². The van der Waals surface area contributed by atoms with Crippen LogP contribution in [0.1, 0.15) is 19.3 Å². The van der Waals surface area contributed by atoms with Gasteiger partial charge in [-0.3, -0.25) is 14.9 Å². The summed E-state index contributed by atoms with van der Waals surface area (Å²) in [5, 5.41) is 10.6. The van der Waals surface area contributed by atoms with Crippen molar-refractivity contribution in [1.82, 2.24) is 4.31 Å². The van der Waals surface area contributed by atoms with Crippen LogP contribution in [-0.2, 0) is 14.8 Å². The first kappa shape index (κ1) is 16.2. The van der Waals surface area contributed by atoms with Crippen molar-refractivity contribution < 1.29 is 18.1 Å².